The van der Waals surface area contributed by atoms with Gasteiger partial charge in [0.2, 0.25) is 0 Å². The molecule has 0 bridgehead atoms. The Kier molecular flexibility index (Phi) is 4.15. The average Bonchev–Trinajstić information content (AvgIpc) is 2.61. The zero-order chi connectivity index (χ0) is 11.3. The Morgan fingerprint density at radius 3 is 2.93 bits per heavy atom. The van der Waals surface area contributed by atoms with Gasteiger partial charge in [0.15, 0.2) is 0 Å². The molecule has 2 N–H and O–H groups in total. The van der Waals surface area contributed by atoms with Gasteiger partial charge < -0.3 is 10.6 Å². The van der Waals surface area contributed by atoms with E-state index in [1.807, 2.05) is 27.1 Å². The molecule has 2 amide bonds. The zero-order valence-corrected chi connectivity index (χ0v) is 9.45. The molecule has 0 aromatic carbocycles. The fourth-order valence-electron chi connectivity index (χ4n) is 1.12. The number of nitrogens with zero attached hydrogens (tertiary/aromatic N) is 2. The van der Waals surface area contributed by atoms with Gasteiger partial charge in [-0.3, -0.25) is 4.68 Å². The summed E-state index contributed by atoms with van der Waals surface area (Å²) in [5, 5.41) is 9.62. The number of aryl methyl sites for hydroxylation is 1. The van der Waals surface area contributed by atoms with Gasteiger partial charge in [0.05, 0.1) is 6.20 Å². The predicted octanol–water partition coefficient (Wildman–Crippen LogP) is 1.02. The molecule has 1 aromatic rings. The van der Waals surface area contributed by atoms with E-state index in [0.29, 0.717) is 6.54 Å². The van der Waals surface area contributed by atoms with E-state index in [1.54, 1.807) is 10.9 Å². The number of urea groups is 1. The Morgan fingerprint density at radius 2 is 2.40 bits per heavy atom. The number of rotatable bonds is 4. The van der Waals surface area contributed by atoms with Crippen LogP contribution in [0.25, 0.3) is 0 Å². The quantitative estimate of drug-likeness (QED) is 0.779. The van der Waals surface area contributed by atoms with Crippen LogP contribution in [-0.2, 0) is 13.6 Å². The summed E-state index contributed by atoms with van der Waals surface area (Å²) in [5.74, 6) is 0. The topological polar surface area (TPSA) is 59.0 Å². The van der Waals surface area contributed by atoms with Gasteiger partial charge in [-0.1, -0.05) is 6.92 Å². The maximum absolute atomic E-state index is 11.3. The summed E-state index contributed by atoms with van der Waals surface area (Å²) in [6.07, 6.45) is 4.55. The number of carbonyl (C=O) groups is 1. The van der Waals surface area contributed by atoms with Gasteiger partial charge in [-0.05, 0) is 13.3 Å². The Bertz CT molecular complexity index is 321. The van der Waals surface area contributed by atoms with E-state index >= 15 is 0 Å². The molecule has 5 heteroatoms. The summed E-state index contributed by atoms with van der Waals surface area (Å²) in [7, 11) is 1.85. The lowest BCUT2D eigenvalue weighted by atomic mass is 10.3. The van der Waals surface area contributed by atoms with Gasteiger partial charge in [0, 0.05) is 31.4 Å². The van der Waals surface area contributed by atoms with E-state index in [2.05, 4.69) is 15.7 Å². The van der Waals surface area contributed by atoms with Crippen molar-refractivity contribution < 1.29 is 4.79 Å². The van der Waals surface area contributed by atoms with Gasteiger partial charge >= 0.3 is 6.03 Å². The lowest BCUT2D eigenvalue weighted by molar-refractivity contribution is 0.237. The van der Waals surface area contributed by atoms with Crippen LogP contribution in [0.15, 0.2) is 12.4 Å². The molecule has 0 fully saturated rings. The maximum atomic E-state index is 11.3. The van der Waals surface area contributed by atoms with Gasteiger partial charge in [0.25, 0.3) is 0 Å². The van der Waals surface area contributed by atoms with Crippen LogP contribution in [0.3, 0.4) is 0 Å². The van der Waals surface area contributed by atoms with Crippen molar-refractivity contribution in [3.63, 3.8) is 0 Å². The maximum Gasteiger partial charge on any atom is 0.315 e. The number of carbonyl (C=O) groups excluding carboxylic acids is 1. The highest BCUT2D eigenvalue weighted by Crippen LogP contribution is 1.95. The van der Waals surface area contributed by atoms with Crippen molar-refractivity contribution in [2.45, 2.75) is 32.9 Å². The highest BCUT2D eigenvalue weighted by Gasteiger charge is 2.04. The van der Waals surface area contributed by atoms with Gasteiger partial charge in [-0.15, -0.1) is 0 Å². The van der Waals surface area contributed by atoms with Crippen LogP contribution in [0.2, 0.25) is 0 Å². The summed E-state index contributed by atoms with van der Waals surface area (Å²) in [5.41, 5.74) is 0.997. The predicted molar refractivity (Wildman–Crippen MR) is 58.3 cm³/mol. The fourth-order valence-corrected chi connectivity index (χ4v) is 1.12. The first-order chi connectivity index (χ1) is 7.11. The molecule has 1 aromatic heterocycles. The molecular formula is C10H18N4O. The van der Waals surface area contributed by atoms with Crippen molar-refractivity contribution in [2.75, 3.05) is 0 Å². The largest absolute Gasteiger partial charge is 0.336 e. The minimum Gasteiger partial charge on any atom is -0.336 e. The van der Waals surface area contributed by atoms with Crippen molar-refractivity contribution in [2.24, 2.45) is 7.05 Å². The third-order valence-electron chi connectivity index (χ3n) is 2.20. The molecule has 5 nitrogen and oxygen atoms in total. The Balaban J connectivity index is 2.28. The van der Waals surface area contributed by atoms with Crippen molar-refractivity contribution >= 4 is 6.03 Å². The van der Waals surface area contributed by atoms with Crippen LogP contribution in [0, 0.1) is 0 Å². The van der Waals surface area contributed by atoms with Gasteiger partial charge in [-0.25, -0.2) is 4.79 Å². The van der Waals surface area contributed by atoms with E-state index in [-0.39, 0.29) is 12.1 Å². The molecule has 15 heavy (non-hydrogen) atoms. The number of amides is 2. The molecule has 0 radical (unpaired) electrons. The normalized spacial score (nSPS) is 12.2. The lowest BCUT2D eigenvalue weighted by Crippen LogP contribution is -2.40. The van der Waals surface area contributed by atoms with Crippen LogP contribution in [0.4, 0.5) is 4.79 Å². The van der Waals surface area contributed by atoms with Crippen molar-refractivity contribution in [3.8, 4) is 0 Å². The van der Waals surface area contributed by atoms with Crippen LogP contribution < -0.4 is 10.6 Å². The number of hydrogen-bond acceptors (Lipinski definition) is 2. The Labute approximate surface area is 89.9 Å². The van der Waals surface area contributed by atoms with E-state index in [0.717, 1.165) is 12.0 Å². The van der Waals surface area contributed by atoms with Crippen molar-refractivity contribution in [1.29, 1.82) is 0 Å². The highest BCUT2D eigenvalue weighted by molar-refractivity contribution is 5.74. The Hall–Kier alpha value is -1.52. The van der Waals surface area contributed by atoms with Crippen LogP contribution >= 0.6 is 0 Å². The van der Waals surface area contributed by atoms with Crippen molar-refractivity contribution in [1.82, 2.24) is 20.4 Å². The second-order valence-electron chi connectivity index (χ2n) is 3.66. The first-order valence-electron chi connectivity index (χ1n) is 5.13. The minimum absolute atomic E-state index is 0.131. The molecule has 0 spiro atoms. The number of aromatic nitrogens is 2. The highest BCUT2D eigenvalue weighted by atomic mass is 16.2. The SMILES string of the molecule is CCC(C)NC(=O)NCc1cnn(C)c1. The average molecular weight is 210 g/mol. The molecular weight excluding hydrogens is 192 g/mol. The smallest absolute Gasteiger partial charge is 0.315 e. The first-order valence-corrected chi connectivity index (χ1v) is 5.13. The van der Waals surface area contributed by atoms with E-state index in [1.165, 1.54) is 0 Å². The molecule has 0 saturated heterocycles. The first kappa shape index (κ1) is 11.6. The monoisotopic (exact) mass is 210 g/mol. The summed E-state index contributed by atoms with van der Waals surface area (Å²) < 4.78 is 1.71. The second-order valence-corrected chi connectivity index (χ2v) is 3.66. The minimum atomic E-state index is -0.131. The molecule has 84 valence electrons. The fraction of sp³-hybridized carbons (Fsp3) is 0.600. The number of hydrogen-bond donors (Lipinski definition) is 2. The summed E-state index contributed by atoms with van der Waals surface area (Å²) in [6.45, 7) is 4.52. The van der Waals surface area contributed by atoms with Gasteiger partial charge in [-0.2, -0.15) is 5.10 Å². The van der Waals surface area contributed by atoms with Crippen LogP contribution in [0.5, 0.6) is 0 Å². The summed E-state index contributed by atoms with van der Waals surface area (Å²) >= 11 is 0. The molecule has 1 atom stereocenters. The Morgan fingerprint density at radius 1 is 1.67 bits per heavy atom. The standard InChI is InChI=1S/C10H18N4O/c1-4-8(2)13-10(15)11-5-9-6-12-14(3)7-9/h6-8H,4-5H2,1-3H3,(H2,11,13,15). The molecule has 0 aliphatic carbocycles. The molecule has 0 aliphatic rings. The van der Waals surface area contributed by atoms with Gasteiger partial charge in [0.1, 0.15) is 0 Å². The van der Waals surface area contributed by atoms with Crippen LogP contribution in [-0.4, -0.2) is 21.9 Å². The third-order valence-corrected chi connectivity index (χ3v) is 2.20. The molecule has 1 heterocycles. The molecule has 1 rings (SSSR count). The van der Waals surface area contributed by atoms with Crippen LogP contribution in [0.1, 0.15) is 25.8 Å². The molecule has 0 aliphatic heterocycles. The summed E-state index contributed by atoms with van der Waals surface area (Å²) in [4.78, 5) is 11.3. The van der Waals surface area contributed by atoms with E-state index in [9.17, 15) is 4.79 Å². The summed E-state index contributed by atoms with van der Waals surface area (Å²) in [6, 6.07) is 0.0760. The second kappa shape index (κ2) is 5.38. The van der Waals surface area contributed by atoms with E-state index < -0.39 is 0 Å². The third kappa shape index (κ3) is 4.01. The lowest BCUT2D eigenvalue weighted by Gasteiger charge is -2.11. The van der Waals surface area contributed by atoms with E-state index in [4.69, 9.17) is 0 Å². The van der Waals surface area contributed by atoms with Crippen molar-refractivity contribution in [3.05, 3.63) is 18.0 Å². The zero-order valence-electron chi connectivity index (χ0n) is 9.45. The molecule has 1 unspecified atom stereocenters. The molecule has 0 saturated carbocycles. The number of nitrogens with one attached hydrogen (secondary N) is 2.